The second kappa shape index (κ2) is 22.8. The Labute approximate surface area is 328 Å². The first-order valence-corrected chi connectivity index (χ1v) is 18.1. The summed E-state index contributed by atoms with van der Waals surface area (Å²) in [5.41, 5.74) is 9.21. The Kier molecular flexibility index (Phi) is 17.6. The zero-order chi connectivity index (χ0) is 39.4. The van der Waals surface area contributed by atoms with Crippen molar-refractivity contribution in [3.8, 4) is 35.7 Å². The van der Waals surface area contributed by atoms with E-state index in [1.54, 1.807) is 14.2 Å². The van der Waals surface area contributed by atoms with Crippen LogP contribution in [0.4, 0.5) is 0 Å². The van der Waals surface area contributed by atoms with Crippen LogP contribution in [0.2, 0.25) is 5.35 Å². The minimum atomic E-state index is 0.196. The molecule has 0 saturated heterocycles. The Balaban J connectivity index is 0.000000205. The van der Waals surface area contributed by atoms with Gasteiger partial charge in [0.2, 0.25) is 0 Å². The van der Waals surface area contributed by atoms with Gasteiger partial charge < -0.3 is 37.3 Å². The quantitative estimate of drug-likeness (QED) is 0.0790. The number of halogens is 1. The molecule has 0 aliphatic carbocycles. The van der Waals surface area contributed by atoms with E-state index in [0.717, 1.165) is 67.1 Å². The van der Waals surface area contributed by atoms with E-state index in [1.165, 1.54) is 0 Å². The maximum absolute atomic E-state index is 5.76. The lowest BCUT2D eigenvalue weighted by atomic mass is 10.0. The third-order valence-corrected chi connectivity index (χ3v) is 8.03. The highest BCUT2D eigenvalue weighted by molar-refractivity contribution is 6.28. The first-order chi connectivity index (χ1) is 26.7. The molecule has 0 fully saturated rings. The van der Waals surface area contributed by atoms with Crippen LogP contribution in [-0.4, -0.2) is 77.0 Å². The molecule has 0 bridgehead atoms. The van der Waals surface area contributed by atoms with Crippen molar-refractivity contribution in [2.24, 2.45) is 0 Å². The van der Waals surface area contributed by atoms with Gasteiger partial charge in [-0.25, -0.2) is 4.98 Å². The summed E-state index contributed by atoms with van der Waals surface area (Å²) in [5, 5.41) is 0.196. The highest BCUT2D eigenvalue weighted by Crippen LogP contribution is 2.23. The second-order valence-electron chi connectivity index (χ2n) is 12.1. The van der Waals surface area contributed by atoms with Crippen molar-refractivity contribution in [1.29, 1.82) is 0 Å². The van der Waals surface area contributed by atoms with E-state index < -0.39 is 0 Å². The lowest BCUT2D eigenvalue weighted by Crippen LogP contribution is -2.10. The fraction of sp³-hybridized carbons (Fsp3) is 0.318. The molecule has 0 aliphatic rings. The van der Waals surface area contributed by atoms with Crippen LogP contribution in [0.1, 0.15) is 39.3 Å². The van der Waals surface area contributed by atoms with Gasteiger partial charge in [0.1, 0.15) is 35.7 Å². The fourth-order valence-electron chi connectivity index (χ4n) is 5.25. The van der Waals surface area contributed by atoms with Gasteiger partial charge in [0.25, 0.3) is 11.2 Å². The Morgan fingerprint density at radius 2 is 1.04 bits per heavy atom. The van der Waals surface area contributed by atoms with Gasteiger partial charge in [-0.3, -0.25) is 0 Å². The summed E-state index contributed by atoms with van der Waals surface area (Å²) in [6.07, 6.45) is 5.45. The van der Waals surface area contributed by atoms with Crippen LogP contribution in [-0.2, 0) is 18.9 Å². The molecule has 4 aromatic carbocycles. The number of rotatable bonds is 14. The van der Waals surface area contributed by atoms with E-state index >= 15 is 0 Å². The average Bonchev–Trinajstić information content (AvgIpc) is 3.77. The van der Waals surface area contributed by atoms with E-state index in [1.807, 2.05) is 100 Å². The molecule has 55 heavy (non-hydrogen) atoms. The van der Waals surface area contributed by atoms with Crippen LogP contribution < -0.4 is 9.47 Å². The largest absolute Gasteiger partial charge is 0.491 e. The molecular formula is C44H47ClN2O8. The molecule has 2 heterocycles. The second-order valence-corrected chi connectivity index (χ2v) is 12.4. The standard InChI is InChI=1S/C22H23NO4.C15H20O3.C7H4ClNO/c1-16-14-18(26-13-12-25-11-10-24-3)15-17(2)19(16)8-9-22-23-20-6-4-5-7-21(20)27-22;1-5-15-12(2)10-14(11-13(15)3)18-9-8-17-7-6-16-4;8-7-9-5-3-1-2-4-6(5)10-7/h4-7,14-15H,10-13H2,1-3H3;1,10-11H,6-9H2,2-4H3;1-4H. The van der Waals surface area contributed by atoms with Crippen LogP contribution in [0.25, 0.3) is 22.2 Å². The third kappa shape index (κ3) is 13.8. The monoisotopic (exact) mass is 766 g/mol. The van der Waals surface area contributed by atoms with Crippen molar-refractivity contribution >= 4 is 33.8 Å². The molecule has 0 radical (unpaired) electrons. The predicted octanol–water partition coefficient (Wildman–Crippen LogP) is 8.69. The van der Waals surface area contributed by atoms with Crippen LogP contribution in [0, 0.1) is 51.9 Å². The number of hydrogen-bond acceptors (Lipinski definition) is 10. The third-order valence-electron chi connectivity index (χ3n) is 7.87. The summed E-state index contributed by atoms with van der Waals surface area (Å²) in [4.78, 5) is 8.30. The van der Waals surface area contributed by atoms with E-state index in [2.05, 4.69) is 27.7 Å². The Bertz CT molecular complexity index is 2100. The number of para-hydroxylation sites is 4. The Morgan fingerprint density at radius 1 is 0.582 bits per heavy atom. The molecule has 0 unspecified atom stereocenters. The number of terminal acetylenes is 1. The zero-order valence-electron chi connectivity index (χ0n) is 32.2. The molecule has 0 amide bonds. The summed E-state index contributed by atoms with van der Waals surface area (Å²) < 4.78 is 42.6. The number of aryl methyl sites for hydroxylation is 4. The molecule has 0 saturated carbocycles. The van der Waals surface area contributed by atoms with Gasteiger partial charge in [-0.05, 0) is 116 Å². The van der Waals surface area contributed by atoms with E-state index in [4.69, 9.17) is 55.3 Å². The normalized spacial score (nSPS) is 10.4. The topological polar surface area (TPSA) is 107 Å². The lowest BCUT2D eigenvalue weighted by molar-refractivity contribution is 0.0544. The van der Waals surface area contributed by atoms with Crippen molar-refractivity contribution in [1.82, 2.24) is 9.97 Å². The molecule has 0 atom stereocenters. The average molecular weight is 767 g/mol. The Hall–Kier alpha value is -5.33. The maximum Gasteiger partial charge on any atom is 0.293 e. The van der Waals surface area contributed by atoms with Crippen LogP contribution in [0.5, 0.6) is 11.5 Å². The number of oxazole rings is 2. The van der Waals surface area contributed by atoms with Crippen molar-refractivity contribution in [3.63, 3.8) is 0 Å². The molecule has 10 nitrogen and oxygen atoms in total. The Morgan fingerprint density at radius 3 is 1.51 bits per heavy atom. The molecule has 0 aliphatic heterocycles. The van der Waals surface area contributed by atoms with E-state index in [9.17, 15) is 0 Å². The highest BCUT2D eigenvalue weighted by Gasteiger charge is 2.07. The van der Waals surface area contributed by atoms with Crippen molar-refractivity contribution in [3.05, 3.63) is 117 Å². The zero-order valence-corrected chi connectivity index (χ0v) is 33.0. The minimum absolute atomic E-state index is 0.196. The summed E-state index contributed by atoms with van der Waals surface area (Å²) in [7, 11) is 3.30. The molecular weight excluding hydrogens is 720 g/mol. The summed E-state index contributed by atoms with van der Waals surface area (Å²) >= 11 is 5.51. The van der Waals surface area contributed by atoms with Gasteiger partial charge in [0, 0.05) is 25.3 Å². The molecule has 2 aromatic heterocycles. The van der Waals surface area contributed by atoms with Crippen molar-refractivity contribution in [2.75, 3.05) is 67.1 Å². The van der Waals surface area contributed by atoms with Crippen molar-refractivity contribution in [2.45, 2.75) is 27.7 Å². The number of fused-ring (bicyclic) bond motifs is 2. The number of hydrogen-bond donors (Lipinski definition) is 0. The molecule has 0 spiro atoms. The van der Waals surface area contributed by atoms with E-state index in [-0.39, 0.29) is 5.35 Å². The number of ether oxygens (including phenoxy) is 6. The smallest absolute Gasteiger partial charge is 0.293 e. The lowest BCUT2D eigenvalue weighted by Gasteiger charge is -2.10. The maximum atomic E-state index is 5.76. The first-order valence-electron chi connectivity index (χ1n) is 17.7. The molecule has 6 aromatic rings. The molecule has 11 heteroatoms. The fourth-order valence-corrected chi connectivity index (χ4v) is 5.42. The first kappa shape index (κ1) is 42.4. The molecule has 0 N–H and O–H groups in total. The molecule has 6 rings (SSSR count). The van der Waals surface area contributed by atoms with Gasteiger partial charge in [0.15, 0.2) is 11.2 Å². The number of benzene rings is 4. The van der Waals surface area contributed by atoms with Gasteiger partial charge in [0.05, 0.1) is 39.6 Å². The number of methoxy groups -OCH3 is 2. The van der Waals surface area contributed by atoms with Gasteiger partial charge >= 0.3 is 0 Å². The number of aromatic nitrogens is 2. The van der Waals surface area contributed by atoms with Crippen molar-refractivity contribution < 1.29 is 37.3 Å². The SMILES string of the molecule is C#Cc1c(C)cc(OCCOCCOC)cc1C.COCCOCCOc1cc(C)c(C#Cc2nc3ccccc3o2)c(C)c1.Clc1nc2ccccc2o1. The van der Waals surface area contributed by atoms with Crippen LogP contribution in [0.15, 0.2) is 81.6 Å². The summed E-state index contributed by atoms with van der Waals surface area (Å²) in [6.45, 7) is 12.5. The van der Waals surface area contributed by atoms with Gasteiger partial charge in [-0.15, -0.1) is 6.42 Å². The minimum Gasteiger partial charge on any atom is -0.491 e. The van der Waals surface area contributed by atoms with Gasteiger partial charge in [-0.1, -0.05) is 36.1 Å². The van der Waals surface area contributed by atoms with Crippen LogP contribution >= 0.6 is 11.6 Å². The predicted molar refractivity (Wildman–Crippen MR) is 215 cm³/mol. The van der Waals surface area contributed by atoms with Gasteiger partial charge in [-0.2, -0.15) is 4.98 Å². The molecule has 288 valence electrons. The highest BCUT2D eigenvalue weighted by atomic mass is 35.5. The summed E-state index contributed by atoms with van der Waals surface area (Å²) in [5.74, 6) is 11.0. The summed E-state index contributed by atoms with van der Waals surface area (Å²) in [6, 6.07) is 23.0. The number of nitrogens with zero attached hydrogens (tertiary/aromatic N) is 2. The van der Waals surface area contributed by atoms with Crippen LogP contribution in [0.3, 0.4) is 0 Å². The van der Waals surface area contributed by atoms with E-state index in [0.29, 0.717) is 58.7 Å².